The van der Waals surface area contributed by atoms with Gasteiger partial charge in [0.25, 0.3) is 0 Å². The molecule has 0 saturated heterocycles. The van der Waals surface area contributed by atoms with Crippen LogP contribution in [0.4, 0.5) is 5.69 Å². The van der Waals surface area contributed by atoms with Crippen LogP contribution in [0.15, 0.2) is 0 Å². The summed E-state index contributed by atoms with van der Waals surface area (Å²) in [5.41, 5.74) is 3.24. The maximum absolute atomic E-state index is 8.63. The highest BCUT2D eigenvalue weighted by Gasteiger charge is 2.07. The molecule has 0 saturated carbocycles. The molecule has 4 nitrogen and oxygen atoms in total. The Hall–Kier alpha value is -1.03. The molecule has 1 rings (SSSR count). The number of hydrogen-bond acceptors (Lipinski definition) is 3. The fraction of sp³-hybridized carbons (Fsp3) is 0.667. The summed E-state index contributed by atoms with van der Waals surface area (Å²) in [5.74, 6) is 0. The zero-order valence-electron chi connectivity index (χ0n) is 8.46. The highest BCUT2D eigenvalue weighted by Crippen LogP contribution is 2.17. The lowest BCUT2D eigenvalue weighted by Crippen LogP contribution is -2.05. The molecule has 0 atom stereocenters. The van der Waals surface area contributed by atoms with Gasteiger partial charge in [0.1, 0.15) is 0 Å². The average molecular weight is 183 g/mol. The summed E-state index contributed by atoms with van der Waals surface area (Å²) in [4.78, 5) is 0. The maximum Gasteiger partial charge on any atom is 0.0827 e. The van der Waals surface area contributed by atoms with E-state index >= 15 is 0 Å². The minimum atomic E-state index is 0.228. The van der Waals surface area contributed by atoms with Crippen molar-refractivity contribution in [2.75, 3.05) is 18.5 Å². The monoisotopic (exact) mass is 183 g/mol. The third-order valence-electron chi connectivity index (χ3n) is 2.15. The lowest BCUT2D eigenvalue weighted by Gasteiger charge is -2.04. The standard InChI is InChI=1S/C9H17N3O/c1-7-9(10-5-4-6-13)8(2)12(3)11-7/h10,13H,4-6H2,1-3H3. The van der Waals surface area contributed by atoms with Gasteiger partial charge in [0.15, 0.2) is 0 Å². The Labute approximate surface area is 78.6 Å². The Balaban J connectivity index is 2.64. The molecule has 0 spiro atoms. The largest absolute Gasteiger partial charge is 0.396 e. The maximum atomic E-state index is 8.63. The normalized spacial score (nSPS) is 10.5. The molecule has 1 heterocycles. The quantitative estimate of drug-likeness (QED) is 0.680. The van der Waals surface area contributed by atoms with E-state index in [1.807, 2.05) is 25.6 Å². The highest BCUT2D eigenvalue weighted by atomic mass is 16.3. The smallest absolute Gasteiger partial charge is 0.0827 e. The van der Waals surface area contributed by atoms with Gasteiger partial charge in [-0.3, -0.25) is 4.68 Å². The van der Waals surface area contributed by atoms with E-state index in [1.165, 1.54) is 0 Å². The number of aromatic nitrogens is 2. The molecule has 0 radical (unpaired) electrons. The Morgan fingerprint density at radius 3 is 2.62 bits per heavy atom. The van der Waals surface area contributed by atoms with E-state index in [-0.39, 0.29) is 6.61 Å². The van der Waals surface area contributed by atoms with Crippen LogP contribution in [0.2, 0.25) is 0 Å². The molecule has 0 fully saturated rings. The Kier molecular flexibility index (Phi) is 3.31. The van der Waals surface area contributed by atoms with E-state index < -0.39 is 0 Å². The van der Waals surface area contributed by atoms with E-state index in [2.05, 4.69) is 10.4 Å². The highest BCUT2D eigenvalue weighted by molar-refractivity contribution is 5.51. The van der Waals surface area contributed by atoms with Crippen molar-refractivity contribution < 1.29 is 5.11 Å². The van der Waals surface area contributed by atoms with Crippen molar-refractivity contribution in [3.63, 3.8) is 0 Å². The van der Waals surface area contributed by atoms with Crippen molar-refractivity contribution in [2.24, 2.45) is 7.05 Å². The molecule has 0 unspecified atom stereocenters. The van der Waals surface area contributed by atoms with Crippen molar-refractivity contribution in [3.8, 4) is 0 Å². The summed E-state index contributed by atoms with van der Waals surface area (Å²) in [5, 5.41) is 16.2. The Morgan fingerprint density at radius 1 is 1.46 bits per heavy atom. The predicted octanol–water partition coefficient (Wildman–Crippen LogP) is 0.831. The topological polar surface area (TPSA) is 50.1 Å². The van der Waals surface area contributed by atoms with E-state index in [9.17, 15) is 0 Å². The molecular formula is C9H17N3O. The van der Waals surface area contributed by atoms with E-state index in [4.69, 9.17) is 5.11 Å². The number of aliphatic hydroxyl groups is 1. The van der Waals surface area contributed by atoms with Gasteiger partial charge >= 0.3 is 0 Å². The van der Waals surface area contributed by atoms with Crippen LogP contribution < -0.4 is 5.32 Å². The van der Waals surface area contributed by atoms with Gasteiger partial charge in [-0.25, -0.2) is 0 Å². The fourth-order valence-electron chi connectivity index (χ4n) is 1.32. The molecule has 0 aromatic carbocycles. The summed E-state index contributed by atoms with van der Waals surface area (Å²) in [6.07, 6.45) is 0.772. The van der Waals surface area contributed by atoms with Gasteiger partial charge in [-0.05, 0) is 20.3 Å². The molecule has 1 aromatic rings. The summed E-state index contributed by atoms with van der Waals surface area (Å²) >= 11 is 0. The van der Waals surface area contributed by atoms with E-state index in [0.717, 1.165) is 30.0 Å². The molecule has 0 aliphatic carbocycles. The fourth-order valence-corrected chi connectivity index (χ4v) is 1.32. The van der Waals surface area contributed by atoms with Gasteiger partial charge in [0, 0.05) is 20.2 Å². The zero-order chi connectivity index (χ0) is 9.84. The first-order valence-corrected chi connectivity index (χ1v) is 4.51. The van der Waals surface area contributed by atoms with Gasteiger partial charge in [-0.1, -0.05) is 0 Å². The van der Waals surface area contributed by atoms with Crippen molar-refractivity contribution in [3.05, 3.63) is 11.4 Å². The molecule has 1 aromatic heterocycles. The van der Waals surface area contributed by atoms with Crippen LogP contribution in [0.5, 0.6) is 0 Å². The molecule has 2 N–H and O–H groups in total. The second-order valence-electron chi connectivity index (χ2n) is 3.17. The summed E-state index contributed by atoms with van der Waals surface area (Å²) < 4.78 is 1.86. The SMILES string of the molecule is Cc1nn(C)c(C)c1NCCCO. The van der Waals surface area contributed by atoms with Crippen LogP contribution in [-0.2, 0) is 7.05 Å². The van der Waals surface area contributed by atoms with Crippen LogP contribution in [0.25, 0.3) is 0 Å². The third kappa shape index (κ3) is 2.21. The van der Waals surface area contributed by atoms with Crippen molar-refractivity contribution in [1.29, 1.82) is 0 Å². The number of aliphatic hydroxyl groups excluding tert-OH is 1. The molecule has 0 aliphatic heterocycles. The number of hydrogen-bond donors (Lipinski definition) is 2. The Morgan fingerprint density at radius 2 is 2.15 bits per heavy atom. The van der Waals surface area contributed by atoms with E-state index in [1.54, 1.807) is 0 Å². The van der Waals surface area contributed by atoms with Crippen LogP contribution in [0.1, 0.15) is 17.8 Å². The lowest BCUT2D eigenvalue weighted by atomic mass is 10.3. The molecule has 0 amide bonds. The Bertz CT molecular complexity index is 281. The predicted molar refractivity (Wildman–Crippen MR) is 52.9 cm³/mol. The molecule has 4 heteroatoms. The first-order chi connectivity index (χ1) is 6.16. The summed E-state index contributed by atoms with van der Waals surface area (Å²) in [6.45, 7) is 5.03. The van der Waals surface area contributed by atoms with Crippen LogP contribution in [0, 0.1) is 13.8 Å². The van der Waals surface area contributed by atoms with E-state index in [0.29, 0.717) is 0 Å². The molecule has 0 bridgehead atoms. The first kappa shape index (κ1) is 10.1. The van der Waals surface area contributed by atoms with Crippen LogP contribution in [0.3, 0.4) is 0 Å². The number of nitrogens with one attached hydrogen (secondary N) is 1. The number of nitrogens with zero attached hydrogens (tertiary/aromatic N) is 2. The number of rotatable bonds is 4. The van der Waals surface area contributed by atoms with Crippen LogP contribution in [-0.4, -0.2) is 28.0 Å². The van der Waals surface area contributed by atoms with Crippen molar-refractivity contribution >= 4 is 5.69 Å². The lowest BCUT2D eigenvalue weighted by molar-refractivity contribution is 0.292. The zero-order valence-corrected chi connectivity index (χ0v) is 8.46. The second-order valence-corrected chi connectivity index (χ2v) is 3.17. The van der Waals surface area contributed by atoms with Gasteiger partial charge in [-0.15, -0.1) is 0 Å². The second kappa shape index (κ2) is 4.28. The minimum Gasteiger partial charge on any atom is -0.396 e. The molecule has 74 valence electrons. The molecule has 0 aliphatic rings. The van der Waals surface area contributed by atoms with Gasteiger partial charge in [-0.2, -0.15) is 5.10 Å². The van der Waals surface area contributed by atoms with Gasteiger partial charge < -0.3 is 10.4 Å². The average Bonchev–Trinajstić information content (AvgIpc) is 2.32. The number of aryl methyl sites for hydroxylation is 2. The van der Waals surface area contributed by atoms with Gasteiger partial charge in [0.05, 0.1) is 17.1 Å². The van der Waals surface area contributed by atoms with Gasteiger partial charge in [0.2, 0.25) is 0 Å². The minimum absolute atomic E-state index is 0.228. The summed E-state index contributed by atoms with van der Waals surface area (Å²) in [6, 6.07) is 0. The molecular weight excluding hydrogens is 166 g/mol. The third-order valence-corrected chi connectivity index (χ3v) is 2.15. The summed E-state index contributed by atoms with van der Waals surface area (Å²) in [7, 11) is 1.93. The number of anilines is 1. The van der Waals surface area contributed by atoms with Crippen LogP contribution >= 0.6 is 0 Å². The molecule has 13 heavy (non-hydrogen) atoms. The first-order valence-electron chi connectivity index (χ1n) is 4.51. The van der Waals surface area contributed by atoms with Crippen molar-refractivity contribution in [2.45, 2.75) is 20.3 Å². The van der Waals surface area contributed by atoms with Crippen molar-refractivity contribution in [1.82, 2.24) is 9.78 Å².